The van der Waals surface area contributed by atoms with Crippen molar-refractivity contribution in [3.05, 3.63) is 21.0 Å². The van der Waals surface area contributed by atoms with Gasteiger partial charge in [-0.25, -0.2) is 4.79 Å². The highest BCUT2D eigenvalue weighted by molar-refractivity contribution is 8.09. The van der Waals surface area contributed by atoms with E-state index in [2.05, 4.69) is 0 Å². The number of carbonyl (C=O) groups is 2. The van der Waals surface area contributed by atoms with Crippen molar-refractivity contribution >= 4 is 35.4 Å². The van der Waals surface area contributed by atoms with Crippen molar-refractivity contribution in [1.29, 1.82) is 0 Å². The Hall–Kier alpha value is -1.08. The lowest BCUT2D eigenvalue weighted by molar-refractivity contribution is -0.137. The SMILES string of the molecule is CCOC(=O)C1=C2SC=C(C(N)=O)N2CCS1. The van der Waals surface area contributed by atoms with Crippen molar-refractivity contribution in [3.63, 3.8) is 0 Å². The standard InChI is InChI=1S/C10H12N2O3S2/c1-2-15-10(14)7-9-12(3-4-16-7)6(5-17-9)8(11)13/h5H,2-4H2,1H3,(H2,11,13). The first-order chi connectivity index (χ1) is 8.15. The number of fused-ring (bicyclic) bond motifs is 1. The van der Waals surface area contributed by atoms with E-state index in [1.54, 1.807) is 17.2 Å². The number of hydrogen-bond acceptors (Lipinski definition) is 6. The zero-order valence-corrected chi connectivity index (χ0v) is 10.9. The van der Waals surface area contributed by atoms with Gasteiger partial charge >= 0.3 is 5.97 Å². The molecule has 2 rings (SSSR count). The Morgan fingerprint density at radius 1 is 1.59 bits per heavy atom. The van der Waals surface area contributed by atoms with Crippen LogP contribution in [0.15, 0.2) is 21.0 Å². The number of hydrogen-bond donors (Lipinski definition) is 1. The summed E-state index contributed by atoms with van der Waals surface area (Å²) in [6.45, 7) is 2.80. The van der Waals surface area contributed by atoms with Crippen LogP contribution in [0.1, 0.15) is 6.92 Å². The third kappa shape index (κ3) is 2.30. The fourth-order valence-electron chi connectivity index (χ4n) is 1.58. The third-order valence-corrected chi connectivity index (χ3v) is 4.44. The van der Waals surface area contributed by atoms with E-state index in [1.165, 1.54) is 23.5 Å². The number of rotatable bonds is 3. The second kappa shape index (κ2) is 5.05. The molecule has 0 spiro atoms. The van der Waals surface area contributed by atoms with Crippen molar-refractivity contribution in [2.75, 3.05) is 18.9 Å². The lowest BCUT2D eigenvalue weighted by Crippen LogP contribution is -2.32. The van der Waals surface area contributed by atoms with Gasteiger partial charge < -0.3 is 15.4 Å². The molecule has 0 aromatic carbocycles. The molecule has 7 heteroatoms. The molecule has 5 nitrogen and oxygen atoms in total. The molecule has 0 aliphatic carbocycles. The predicted octanol–water partition coefficient (Wildman–Crippen LogP) is 0.841. The summed E-state index contributed by atoms with van der Waals surface area (Å²) >= 11 is 2.80. The van der Waals surface area contributed by atoms with Crippen molar-refractivity contribution in [3.8, 4) is 0 Å². The molecule has 0 unspecified atom stereocenters. The first kappa shape index (κ1) is 12.4. The minimum atomic E-state index is -0.470. The summed E-state index contributed by atoms with van der Waals surface area (Å²) in [6.07, 6.45) is 0. The molecule has 0 fully saturated rings. The number of ether oxygens (including phenoxy) is 1. The van der Waals surface area contributed by atoms with E-state index in [0.717, 1.165) is 10.8 Å². The van der Waals surface area contributed by atoms with E-state index >= 15 is 0 Å². The van der Waals surface area contributed by atoms with Crippen molar-refractivity contribution in [1.82, 2.24) is 4.90 Å². The van der Waals surface area contributed by atoms with Crippen LogP contribution in [0.2, 0.25) is 0 Å². The summed E-state index contributed by atoms with van der Waals surface area (Å²) in [4.78, 5) is 25.3. The molecular formula is C10H12N2O3S2. The summed E-state index contributed by atoms with van der Waals surface area (Å²) in [5.41, 5.74) is 5.73. The number of esters is 1. The molecule has 0 atom stereocenters. The fourth-order valence-corrected chi connectivity index (χ4v) is 3.76. The van der Waals surface area contributed by atoms with Gasteiger partial charge in [0.1, 0.15) is 15.6 Å². The summed E-state index contributed by atoms with van der Waals surface area (Å²) < 4.78 is 4.99. The Labute approximate surface area is 107 Å². The average molecular weight is 272 g/mol. The smallest absolute Gasteiger partial charge is 0.347 e. The molecule has 2 heterocycles. The Balaban J connectivity index is 2.27. The van der Waals surface area contributed by atoms with E-state index in [4.69, 9.17) is 10.5 Å². The Kier molecular flexibility index (Phi) is 3.68. The molecule has 0 saturated carbocycles. The lowest BCUT2D eigenvalue weighted by atomic mass is 10.4. The number of nitrogens with zero attached hydrogens (tertiary/aromatic N) is 1. The largest absolute Gasteiger partial charge is 0.462 e. The summed E-state index contributed by atoms with van der Waals surface area (Å²) in [5.74, 6) is -0.0607. The number of primary amides is 1. The molecule has 2 aliphatic rings. The van der Waals surface area contributed by atoms with Crippen LogP contribution in [-0.2, 0) is 14.3 Å². The van der Waals surface area contributed by atoms with Gasteiger partial charge in [0.25, 0.3) is 5.91 Å². The number of amides is 1. The van der Waals surface area contributed by atoms with Crippen molar-refractivity contribution < 1.29 is 14.3 Å². The summed E-state index contributed by atoms with van der Waals surface area (Å²) in [6, 6.07) is 0. The topological polar surface area (TPSA) is 72.6 Å². The van der Waals surface area contributed by atoms with Crippen molar-refractivity contribution in [2.24, 2.45) is 5.73 Å². The van der Waals surface area contributed by atoms with Crippen LogP contribution in [0.4, 0.5) is 0 Å². The summed E-state index contributed by atoms with van der Waals surface area (Å²) in [7, 11) is 0. The van der Waals surface area contributed by atoms with Gasteiger partial charge in [-0.2, -0.15) is 0 Å². The predicted molar refractivity (Wildman–Crippen MR) is 67.7 cm³/mol. The van der Waals surface area contributed by atoms with E-state index in [9.17, 15) is 9.59 Å². The monoisotopic (exact) mass is 272 g/mol. The molecule has 0 aromatic rings. The minimum absolute atomic E-state index is 0.330. The highest BCUT2D eigenvalue weighted by Crippen LogP contribution is 2.43. The zero-order chi connectivity index (χ0) is 12.4. The fraction of sp³-hybridized carbons (Fsp3) is 0.400. The highest BCUT2D eigenvalue weighted by Gasteiger charge is 2.33. The van der Waals surface area contributed by atoms with E-state index in [1.807, 2.05) is 0 Å². The van der Waals surface area contributed by atoms with Crippen LogP contribution in [-0.4, -0.2) is 35.7 Å². The van der Waals surface area contributed by atoms with E-state index in [0.29, 0.717) is 23.8 Å². The summed E-state index contributed by atoms with van der Waals surface area (Å²) in [5, 5.41) is 2.44. The van der Waals surface area contributed by atoms with Crippen LogP contribution < -0.4 is 5.73 Å². The molecule has 0 saturated heterocycles. The molecule has 2 N–H and O–H groups in total. The highest BCUT2D eigenvalue weighted by atomic mass is 32.2. The Morgan fingerprint density at radius 2 is 2.35 bits per heavy atom. The van der Waals surface area contributed by atoms with E-state index in [-0.39, 0.29) is 5.97 Å². The normalized spacial score (nSPS) is 18.9. The Morgan fingerprint density at radius 3 is 3.00 bits per heavy atom. The second-order valence-electron chi connectivity index (χ2n) is 3.34. The molecule has 1 amide bonds. The van der Waals surface area contributed by atoms with Gasteiger partial charge in [0.15, 0.2) is 0 Å². The van der Waals surface area contributed by atoms with Crippen LogP contribution >= 0.6 is 23.5 Å². The van der Waals surface area contributed by atoms with Gasteiger partial charge in [-0.1, -0.05) is 11.8 Å². The van der Waals surface area contributed by atoms with Gasteiger partial charge in [-0.05, 0) is 6.92 Å². The molecular weight excluding hydrogens is 260 g/mol. The minimum Gasteiger partial charge on any atom is -0.462 e. The average Bonchev–Trinajstić information content (AvgIpc) is 2.72. The Bertz CT molecular complexity index is 431. The third-order valence-electron chi connectivity index (χ3n) is 2.29. The zero-order valence-electron chi connectivity index (χ0n) is 9.26. The number of nitrogens with two attached hydrogens (primary N) is 1. The second-order valence-corrected chi connectivity index (χ2v) is 5.30. The van der Waals surface area contributed by atoms with Gasteiger partial charge in [0, 0.05) is 17.7 Å². The quantitative estimate of drug-likeness (QED) is 0.768. The molecule has 0 bridgehead atoms. The molecule has 0 aromatic heterocycles. The molecule has 0 radical (unpaired) electrons. The first-order valence-electron chi connectivity index (χ1n) is 5.13. The van der Waals surface area contributed by atoms with Gasteiger partial charge in [0.05, 0.1) is 6.61 Å². The van der Waals surface area contributed by atoms with Gasteiger partial charge in [0.2, 0.25) is 0 Å². The van der Waals surface area contributed by atoms with Gasteiger partial charge in [-0.15, -0.1) is 11.8 Å². The van der Waals surface area contributed by atoms with Crippen LogP contribution in [0.3, 0.4) is 0 Å². The maximum absolute atomic E-state index is 11.7. The number of carbonyl (C=O) groups excluding carboxylic acids is 2. The van der Waals surface area contributed by atoms with Crippen LogP contribution in [0, 0.1) is 0 Å². The first-order valence-corrected chi connectivity index (χ1v) is 7.00. The van der Waals surface area contributed by atoms with Crippen LogP contribution in [0.5, 0.6) is 0 Å². The maximum Gasteiger partial charge on any atom is 0.347 e. The molecule has 92 valence electrons. The number of thioether (sulfide) groups is 2. The molecule has 2 aliphatic heterocycles. The lowest BCUT2D eigenvalue weighted by Gasteiger charge is -2.27. The van der Waals surface area contributed by atoms with E-state index < -0.39 is 5.91 Å². The molecule has 17 heavy (non-hydrogen) atoms. The van der Waals surface area contributed by atoms with Crippen LogP contribution in [0.25, 0.3) is 0 Å². The maximum atomic E-state index is 11.7. The van der Waals surface area contributed by atoms with Crippen molar-refractivity contribution in [2.45, 2.75) is 6.92 Å². The van der Waals surface area contributed by atoms with Gasteiger partial charge in [-0.3, -0.25) is 4.79 Å².